The summed E-state index contributed by atoms with van der Waals surface area (Å²) < 4.78 is 2.19. The van der Waals surface area contributed by atoms with Crippen molar-refractivity contribution < 1.29 is 0 Å². The molecule has 0 amide bonds. The van der Waals surface area contributed by atoms with Gasteiger partial charge >= 0.3 is 0 Å². The smallest absolute Gasteiger partial charge is 0.0951 e. The molecular weight excluding hydrogens is 182 g/mol. The van der Waals surface area contributed by atoms with Gasteiger partial charge in [-0.3, -0.25) is 0 Å². The van der Waals surface area contributed by atoms with E-state index in [2.05, 4.69) is 9.55 Å². The number of imidazole rings is 1. The topological polar surface area (TPSA) is 43.8 Å². The Bertz CT molecular complexity index is 252. The lowest BCUT2D eigenvalue weighted by molar-refractivity contribution is 0.270. The van der Waals surface area contributed by atoms with Gasteiger partial charge in [0.05, 0.1) is 11.9 Å². The molecule has 0 saturated carbocycles. The van der Waals surface area contributed by atoms with E-state index in [1.807, 2.05) is 30.5 Å². The van der Waals surface area contributed by atoms with Crippen LogP contribution in [0.3, 0.4) is 0 Å². The van der Waals surface area contributed by atoms with Gasteiger partial charge in [0.1, 0.15) is 0 Å². The maximum atomic E-state index is 5.87. The van der Waals surface area contributed by atoms with Crippen LogP contribution in [0.25, 0.3) is 0 Å². The molecule has 1 aliphatic rings. The molecule has 72 valence electrons. The SMILES string of the molecule is NCC1(n2ccnc2)CCSCC1. The van der Waals surface area contributed by atoms with Crippen molar-refractivity contribution in [1.82, 2.24) is 9.55 Å². The molecule has 4 heteroatoms. The van der Waals surface area contributed by atoms with E-state index in [0.717, 1.165) is 6.54 Å². The van der Waals surface area contributed by atoms with E-state index in [4.69, 9.17) is 5.73 Å². The Morgan fingerprint density at radius 3 is 2.77 bits per heavy atom. The number of aromatic nitrogens is 2. The van der Waals surface area contributed by atoms with Crippen LogP contribution < -0.4 is 5.73 Å². The van der Waals surface area contributed by atoms with Crippen LogP contribution in [0, 0.1) is 0 Å². The molecular formula is C9H15N3S. The average Bonchev–Trinajstić information content (AvgIpc) is 2.72. The lowest BCUT2D eigenvalue weighted by Crippen LogP contribution is -2.43. The second kappa shape index (κ2) is 3.72. The predicted molar refractivity (Wildman–Crippen MR) is 55.8 cm³/mol. The molecule has 0 aromatic carbocycles. The molecule has 0 atom stereocenters. The van der Waals surface area contributed by atoms with Crippen molar-refractivity contribution in [3.8, 4) is 0 Å². The first-order valence-corrected chi connectivity index (χ1v) is 5.79. The van der Waals surface area contributed by atoms with Gasteiger partial charge in [-0.05, 0) is 24.3 Å². The molecule has 1 aromatic rings. The zero-order valence-corrected chi connectivity index (χ0v) is 8.46. The first kappa shape index (κ1) is 9.09. The summed E-state index contributed by atoms with van der Waals surface area (Å²) in [6, 6.07) is 0. The standard InChI is InChI=1S/C9H15N3S/c10-7-9(1-5-13-6-2-9)12-4-3-11-8-12/h3-4,8H,1-2,5-7,10H2. The third-order valence-corrected chi connectivity index (χ3v) is 3.84. The molecule has 13 heavy (non-hydrogen) atoms. The zero-order valence-electron chi connectivity index (χ0n) is 7.65. The van der Waals surface area contributed by atoms with E-state index in [-0.39, 0.29) is 5.54 Å². The normalized spacial score (nSPS) is 21.6. The second-order valence-corrected chi connectivity index (χ2v) is 4.74. The van der Waals surface area contributed by atoms with Gasteiger partial charge in [-0.15, -0.1) is 0 Å². The summed E-state index contributed by atoms with van der Waals surface area (Å²) >= 11 is 2.02. The molecule has 3 nitrogen and oxygen atoms in total. The Labute approximate surface area is 82.7 Å². The van der Waals surface area contributed by atoms with Crippen LogP contribution in [0.5, 0.6) is 0 Å². The van der Waals surface area contributed by atoms with Crippen molar-refractivity contribution >= 4 is 11.8 Å². The van der Waals surface area contributed by atoms with E-state index >= 15 is 0 Å². The maximum Gasteiger partial charge on any atom is 0.0951 e. The number of hydrogen-bond acceptors (Lipinski definition) is 3. The van der Waals surface area contributed by atoms with Gasteiger partial charge in [-0.25, -0.2) is 4.98 Å². The Morgan fingerprint density at radius 2 is 2.23 bits per heavy atom. The van der Waals surface area contributed by atoms with Gasteiger partial charge in [0.25, 0.3) is 0 Å². The minimum Gasteiger partial charge on any atom is -0.330 e. The third-order valence-electron chi connectivity index (χ3n) is 2.86. The van der Waals surface area contributed by atoms with E-state index in [1.54, 1.807) is 0 Å². The van der Waals surface area contributed by atoms with Crippen molar-refractivity contribution in [1.29, 1.82) is 0 Å². The Morgan fingerprint density at radius 1 is 1.46 bits per heavy atom. The van der Waals surface area contributed by atoms with Crippen molar-refractivity contribution in [2.75, 3.05) is 18.1 Å². The predicted octanol–water partition coefficient (Wildman–Crippen LogP) is 1.06. The minimum absolute atomic E-state index is 0.155. The van der Waals surface area contributed by atoms with E-state index in [1.165, 1.54) is 24.3 Å². The van der Waals surface area contributed by atoms with Crippen LogP contribution in [0.1, 0.15) is 12.8 Å². The Balaban J connectivity index is 2.23. The first-order chi connectivity index (χ1) is 6.37. The minimum atomic E-state index is 0.155. The molecule has 0 radical (unpaired) electrons. The molecule has 1 aromatic heterocycles. The summed E-state index contributed by atoms with van der Waals surface area (Å²) in [5.41, 5.74) is 6.03. The zero-order chi connectivity index (χ0) is 9.15. The highest BCUT2D eigenvalue weighted by atomic mass is 32.2. The van der Waals surface area contributed by atoms with E-state index in [0.29, 0.717) is 0 Å². The molecule has 2 heterocycles. The largest absolute Gasteiger partial charge is 0.330 e. The summed E-state index contributed by atoms with van der Waals surface area (Å²) in [4.78, 5) is 4.09. The molecule has 1 aliphatic heterocycles. The van der Waals surface area contributed by atoms with Crippen molar-refractivity contribution in [3.63, 3.8) is 0 Å². The fourth-order valence-corrected chi connectivity index (χ4v) is 3.11. The van der Waals surface area contributed by atoms with Crippen molar-refractivity contribution in [3.05, 3.63) is 18.7 Å². The first-order valence-electron chi connectivity index (χ1n) is 4.64. The molecule has 2 rings (SSSR count). The lowest BCUT2D eigenvalue weighted by Gasteiger charge is -2.37. The summed E-state index contributed by atoms with van der Waals surface area (Å²) in [5.74, 6) is 2.44. The quantitative estimate of drug-likeness (QED) is 0.771. The van der Waals surface area contributed by atoms with Gasteiger partial charge in [0, 0.05) is 18.9 Å². The number of nitrogens with two attached hydrogens (primary N) is 1. The molecule has 0 aliphatic carbocycles. The van der Waals surface area contributed by atoms with Crippen LogP contribution in [-0.4, -0.2) is 27.6 Å². The van der Waals surface area contributed by atoms with Crippen LogP contribution in [0.2, 0.25) is 0 Å². The van der Waals surface area contributed by atoms with E-state index in [9.17, 15) is 0 Å². The van der Waals surface area contributed by atoms with Crippen molar-refractivity contribution in [2.45, 2.75) is 18.4 Å². The lowest BCUT2D eigenvalue weighted by atomic mass is 9.92. The van der Waals surface area contributed by atoms with Gasteiger partial charge in [-0.2, -0.15) is 11.8 Å². The van der Waals surface area contributed by atoms with Gasteiger partial charge in [0.15, 0.2) is 0 Å². The number of thioether (sulfide) groups is 1. The highest BCUT2D eigenvalue weighted by Gasteiger charge is 2.31. The fourth-order valence-electron chi connectivity index (χ4n) is 1.86. The average molecular weight is 197 g/mol. The molecule has 0 bridgehead atoms. The molecule has 2 N–H and O–H groups in total. The summed E-state index contributed by atoms with van der Waals surface area (Å²) in [6.07, 6.45) is 8.10. The van der Waals surface area contributed by atoms with Crippen LogP contribution >= 0.6 is 11.8 Å². The third kappa shape index (κ3) is 1.60. The fraction of sp³-hybridized carbons (Fsp3) is 0.667. The number of hydrogen-bond donors (Lipinski definition) is 1. The second-order valence-electron chi connectivity index (χ2n) is 3.51. The molecule has 1 saturated heterocycles. The summed E-state index contributed by atoms with van der Waals surface area (Å²) in [5, 5.41) is 0. The van der Waals surface area contributed by atoms with Gasteiger partial charge < -0.3 is 10.3 Å². The maximum absolute atomic E-state index is 5.87. The van der Waals surface area contributed by atoms with Crippen LogP contribution in [0.4, 0.5) is 0 Å². The molecule has 1 fully saturated rings. The van der Waals surface area contributed by atoms with Crippen LogP contribution in [-0.2, 0) is 5.54 Å². The van der Waals surface area contributed by atoms with Gasteiger partial charge in [0.2, 0.25) is 0 Å². The number of rotatable bonds is 2. The monoisotopic (exact) mass is 197 g/mol. The highest BCUT2D eigenvalue weighted by Crippen LogP contribution is 2.32. The Hall–Kier alpha value is -0.480. The summed E-state index contributed by atoms with van der Waals surface area (Å²) in [6.45, 7) is 0.726. The van der Waals surface area contributed by atoms with Crippen LogP contribution in [0.15, 0.2) is 18.7 Å². The highest BCUT2D eigenvalue weighted by molar-refractivity contribution is 7.99. The molecule has 0 unspecified atom stereocenters. The summed E-state index contributed by atoms with van der Waals surface area (Å²) in [7, 11) is 0. The van der Waals surface area contributed by atoms with Gasteiger partial charge in [-0.1, -0.05) is 0 Å². The Kier molecular flexibility index (Phi) is 2.60. The number of nitrogens with zero attached hydrogens (tertiary/aromatic N) is 2. The van der Waals surface area contributed by atoms with E-state index < -0.39 is 0 Å². The van der Waals surface area contributed by atoms with Crippen molar-refractivity contribution in [2.24, 2.45) is 5.73 Å². The molecule has 0 spiro atoms.